The van der Waals surface area contributed by atoms with Gasteiger partial charge in [0.1, 0.15) is 17.1 Å². The van der Waals surface area contributed by atoms with Crippen molar-refractivity contribution in [2.75, 3.05) is 6.54 Å². The molecule has 1 atom stereocenters. The van der Waals surface area contributed by atoms with Gasteiger partial charge in [-0.15, -0.1) is 0 Å². The summed E-state index contributed by atoms with van der Waals surface area (Å²) in [6.45, 7) is 6.71. The molecule has 0 saturated carbocycles. The summed E-state index contributed by atoms with van der Waals surface area (Å²) in [4.78, 5) is 15.2. The van der Waals surface area contributed by atoms with Crippen molar-refractivity contribution in [3.05, 3.63) is 69.4 Å². The molecule has 5 nitrogen and oxygen atoms in total. The number of amides is 1. The highest BCUT2D eigenvalue weighted by molar-refractivity contribution is 6.31. The van der Waals surface area contributed by atoms with Crippen molar-refractivity contribution in [1.29, 1.82) is 0 Å². The summed E-state index contributed by atoms with van der Waals surface area (Å²) in [5.74, 6) is 0.0499. The zero-order valence-corrected chi connectivity index (χ0v) is 18.3. The molecular weight excluding hydrogens is 398 g/mol. The van der Waals surface area contributed by atoms with Gasteiger partial charge in [-0.3, -0.25) is 9.89 Å². The maximum Gasteiger partial charge on any atom is 0.273 e. The summed E-state index contributed by atoms with van der Waals surface area (Å²) in [6, 6.07) is 11.3. The highest BCUT2D eigenvalue weighted by Gasteiger charge is 2.42. The van der Waals surface area contributed by atoms with Gasteiger partial charge in [0, 0.05) is 22.7 Å². The standard InChI is InChI=1S/C24H26ClN3O2/c1-4-5-6-11-28-23(16-9-7-14(2)8-10-16)20-21(26-27-22(20)24(28)30)17-13-18(25)15(3)12-19(17)29/h7-10,12-13,23,29H,4-6,11H2,1-3H3,(H,26,27). The van der Waals surface area contributed by atoms with Gasteiger partial charge in [0.15, 0.2) is 0 Å². The number of carbonyl (C=O) groups is 1. The molecule has 0 fully saturated rings. The van der Waals surface area contributed by atoms with Gasteiger partial charge in [0.05, 0.1) is 6.04 Å². The van der Waals surface area contributed by atoms with Crippen molar-refractivity contribution in [3.63, 3.8) is 0 Å². The second-order valence-electron chi connectivity index (χ2n) is 8.00. The minimum Gasteiger partial charge on any atom is -0.507 e. The molecule has 0 saturated heterocycles. The smallest absolute Gasteiger partial charge is 0.273 e. The van der Waals surface area contributed by atoms with E-state index in [1.54, 1.807) is 12.1 Å². The number of nitrogens with zero attached hydrogens (tertiary/aromatic N) is 2. The highest BCUT2D eigenvalue weighted by Crippen LogP contribution is 2.45. The van der Waals surface area contributed by atoms with Crippen LogP contribution in [0.5, 0.6) is 5.75 Å². The van der Waals surface area contributed by atoms with Gasteiger partial charge < -0.3 is 10.0 Å². The second-order valence-corrected chi connectivity index (χ2v) is 8.41. The number of halogens is 1. The monoisotopic (exact) mass is 423 g/mol. The molecule has 2 aromatic carbocycles. The van der Waals surface area contributed by atoms with Gasteiger partial charge in [-0.1, -0.05) is 61.2 Å². The van der Waals surface area contributed by atoms with Crippen molar-refractivity contribution in [2.24, 2.45) is 0 Å². The van der Waals surface area contributed by atoms with Crippen molar-refractivity contribution >= 4 is 17.5 Å². The van der Waals surface area contributed by atoms with E-state index in [4.69, 9.17) is 11.6 Å². The van der Waals surface area contributed by atoms with E-state index in [-0.39, 0.29) is 17.7 Å². The average molecular weight is 424 g/mol. The molecule has 30 heavy (non-hydrogen) atoms. The summed E-state index contributed by atoms with van der Waals surface area (Å²) in [5.41, 5.74) is 5.38. The minimum atomic E-state index is -0.252. The molecule has 3 aromatic rings. The van der Waals surface area contributed by atoms with Gasteiger partial charge in [0.2, 0.25) is 0 Å². The Hall–Kier alpha value is -2.79. The van der Waals surface area contributed by atoms with Gasteiger partial charge in [0.25, 0.3) is 5.91 Å². The number of carbonyl (C=O) groups excluding carboxylic acids is 1. The van der Waals surface area contributed by atoms with Crippen LogP contribution in [0.15, 0.2) is 36.4 Å². The molecule has 0 aliphatic carbocycles. The minimum absolute atomic E-state index is 0.0527. The fourth-order valence-corrected chi connectivity index (χ4v) is 4.28. The van der Waals surface area contributed by atoms with Gasteiger partial charge in [-0.2, -0.15) is 5.10 Å². The Morgan fingerprint density at radius 3 is 2.60 bits per heavy atom. The fourth-order valence-electron chi connectivity index (χ4n) is 4.12. The molecule has 156 valence electrons. The third-order valence-electron chi connectivity index (χ3n) is 5.79. The molecule has 1 aromatic heterocycles. The summed E-state index contributed by atoms with van der Waals surface area (Å²) in [7, 11) is 0. The van der Waals surface area contributed by atoms with E-state index in [1.165, 1.54) is 0 Å². The second kappa shape index (κ2) is 8.15. The lowest BCUT2D eigenvalue weighted by atomic mass is 9.94. The van der Waals surface area contributed by atoms with Crippen LogP contribution in [0.3, 0.4) is 0 Å². The van der Waals surface area contributed by atoms with E-state index in [2.05, 4.69) is 41.4 Å². The topological polar surface area (TPSA) is 69.2 Å². The van der Waals surface area contributed by atoms with E-state index >= 15 is 0 Å². The lowest BCUT2D eigenvalue weighted by molar-refractivity contribution is 0.0740. The van der Waals surface area contributed by atoms with Crippen LogP contribution in [-0.4, -0.2) is 32.7 Å². The molecule has 1 aliphatic heterocycles. The first-order valence-corrected chi connectivity index (χ1v) is 10.8. The van der Waals surface area contributed by atoms with Crippen molar-refractivity contribution in [1.82, 2.24) is 15.1 Å². The molecule has 0 spiro atoms. The molecule has 1 amide bonds. The Bertz CT molecular complexity index is 1090. The molecule has 2 N–H and O–H groups in total. The van der Waals surface area contributed by atoms with Crippen LogP contribution in [0.2, 0.25) is 5.02 Å². The number of phenolic OH excluding ortho intramolecular Hbond substituents is 1. The molecule has 1 unspecified atom stereocenters. The van der Waals surface area contributed by atoms with Crippen molar-refractivity contribution < 1.29 is 9.90 Å². The zero-order chi connectivity index (χ0) is 21.4. The van der Waals surface area contributed by atoms with Gasteiger partial charge >= 0.3 is 0 Å². The third kappa shape index (κ3) is 3.47. The number of aromatic hydroxyl groups is 1. The fraction of sp³-hybridized carbons (Fsp3) is 0.333. The number of rotatable bonds is 6. The predicted molar refractivity (Wildman–Crippen MR) is 119 cm³/mol. The number of unbranched alkanes of at least 4 members (excludes halogenated alkanes) is 2. The number of aromatic amines is 1. The van der Waals surface area contributed by atoms with E-state index in [1.807, 2.05) is 18.7 Å². The zero-order valence-electron chi connectivity index (χ0n) is 17.5. The van der Waals surface area contributed by atoms with Gasteiger partial charge in [-0.25, -0.2) is 0 Å². The number of hydrogen-bond donors (Lipinski definition) is 2. The Labute approximate surface area is 181 Å². The van der Waals surface area contributed by atoms with Crippen LogP contribution in [-0.2, 0) is 0 Å². The average Bonchev–Trinajstić information content (AvgIpc) is 3.25. The predicted octanol–water partition coefficient (Wildman–Crippen LogP) is 5.79. The first-order valence-electron chi connectivity index (χ1n) is 10.4. The summed E-state index contributed by atoms with van der Waals surface area (Å²) in [5, 5.41) is 18.5. The van der Waals surface area contributed by atoms with Crippen LogP contribution in [0.1, 0.15) is 65.0 Å². The van der Waals surface area contributed by atoms with E-state index in [0.717, 1.165) is 41.5 Å². The molecule has 0 bridgehead atoms. The van der Waals surface area contributed by atoms with E-state index < -0.39 is 0 Å². The van der Waals surface area contributed by atoms with Crippen molar-refractivity contribution in [3.8, 4) is 17.0 Å². The molecule has 0 radical (unpaired) electrons. The third-order valence-corrected chi connectivity index (χ3v) is 6.20. The Morgan fingerprint density at radius 1 is 1.17 bits per heavy atom. The normalized spacial score (nSPS) is 15.7. The quantitative estimate of drug-likeness (QED) is 0.493. The van der Waals surface area contributed by atoms with Crippen LogP contribution in [0, 0.1) is 13.8 Å². The number of hydrogen-bond acceptors (Lipinski definition) is 3. The van der Waals surface area contributed by atoms with Crippen LogP contribution >= 0.6 is 11.6 Å². The number of aryl methyl sites for hydroxylation is 2. The first-order chi connectivity index (χ1) is 14.4. The maximum absolute atomic E-state index is 13.3. The molecule has 2 heterocycles. The van der Waals surface area contributed by atoms with Crippen molar-refractivity contribution in [2.45, 2.75) is 46.1 Å². The Kier molecular flexibility index (Phi) is 5.56. The van der Waals surface area contributed by atoms with Crippen LogP contribution in [0.25, 0.3) is 11.3 Å². The number of fused-ring (bicyclic) bond motifs is 1. The van der Waals surface area contributed by atoms with E-state index in [0.29, 0.717) is 28.5 Å². The SMILES string of the molecule is CCCCCN1C(=O)c2[nH]nc(-c3cc(Cl)c(C)cc3O)c2C1c1ccc(C)cc1. The molecule has 6 heteroatoms. The Morgan fingerprint density at radius 2 is 1.90 bits per heavy atom. The lowest BCUT2D eigenvalue weighted by Crippen LogP contribution is -2.30. The Balaban J connectivity index is 1.86. The van der Waals surface area contributed by atoms with E-state index in [9.17, 15) is 9.90 Å². The largest absolute Gasteiger partial charge is 0.507 e. The number of aromatic nitrogens is 2. The van der Waals surface area contributed by atoms with Gasteiger partial charge in [-0.05, 0) is 43.5 Å². The molecule has 4 rings (SSSR count). The molecular formula is C24H26ClN3O2. The number of H-pyrrole nitrogens is 1. The maximum atomic E-state index is 13.3. The van der Waals surface area contributed by atoms with Crippen LogP contribution < -0.4 is 0 Å². The molecule has 1 aliphatic rings. The summed E-state index contributed by atoms with van der Waals surface area (Å²) in [6.07, 6.45) is 3.10. The highest BCUT2D eigenvalue weighted by atomic mass is 35.5. The number of phenols is 1. The number of benzene rings is 2. The summed E-state index contributed by atoms with van der Waals surface area (Å²) < 4.78 is 0. The lowest BCUT2D eigenvalue weighted by Gasteiger charge is -2.26. The number of nitrogens with one attached hydrogen (secondary N) is 1. The van der Waals surface area contributed by atoms with Crippen LogP contribution in [0.4, 0.5) is 0 Å². The summed E-state index contributed by atoms with van der Waals surface area (Å²) >= 11 is 6.34. The first kappa shape index (κ1) is 20.5.